The van der Waals surface area contributed by atoms with Crippen molar-refractivity contribution >= 4 is 40.6 Å². The van der Waals surface area contributed by atoms with Crippen LogP contribution in [0.2, 0.25) is 5.02 Å². The number of nitrogens with one attached hydrogen (secondary N) is 1. The predicted octanol–water partition coefficient (Wildman–Crippen LogP) is 2.91. The highest BCUT2D eigenvalue weighted by Crippen LogP contribution is 2.37. The largest absolute Gasteiger partial charge is 0.324 e. The molecule has 8 nitrogen and oxygen atoms in total. The lowest BCUT2D eigenvalue weighted by Gasteiger charge is -2.07. The van der Waals surface area contributed by atoms with Gasteiger partial charge in [0.25, 0.3) is 5.69 Å². The third-order valence-corrected chi connectivity index (χ3v) is 4.52. The minimum atomic E-state index is -0.544. The molecule has 1 amide bonds. The molecule has 3 rings (SSSR count). The van der Waals surface area contributed by atoms with Crippen molar-refractivity contribution in [2.45, 2.75) is 24.0 Å². The average molecular weight is 354 g/mol. The molecular formula is C13H12ClN5O3S. The van der Waals surface area contributed by atoms with E-state index in [0.717, 1.165) is 12.8 Å². The maximum absolute atomic E-state index is 12.0. The Morgan fingerprint density at radius 2 is 2.30 bits per heavy atom. The van der Waals surface area contributed by atoms with Crippen LogP contribution >= 0.6 is 23.4 Å². The van der Waals surface area contributed by atoms with Gasteiger partial charge in [0.15, 0.2) is 5.16 Å². The average Bonchev–Trinajstić information content (AvgIpc) is 3.25. The van der Waals surface area contributed by atoms with Gasteiger partial charge in [-0.3, -0.25) is 14.9 Å². The summed E-state index contributed by atoms with van der Waals surface area (Å²) >= 11 is 7.23. The van der Waals surface area contributed by atoms with Crippen molar-refractivity contribution in [3.63, 3.8) is 0 Å². The van der Waals surface area contributed by atoms with Gasteiger partial charge in [-0.15, -0.1) is 10.2 Å². The van der Waals surface area contributed by atoms with Crippen LogP contribution in [0.5, 0.6) is 0 Å². The molecule has 0 aliphatic heterocycles. The second-order valence-corrected chi connectivity index (χ2v) is 6.36. The molecule has 10 heteroatoms. The number of halogens is 1. The summed E-state index contributed by atoms with van der Waals surface area (Å²) in [4.78, 5) is 22.1. The van der Waals surface area contributed by atoms with E-state index in [1.807, 2.05) is 4.57 Å². The zero-order valence-corrected chi connectivity index (χ0v) is 13.4. The van der Waals surface area contributed by atoms with Crippen LogP contribution in [0.1, 0.15) is 18.9 Å². The summed E-state index contributed by atoms with van der Waals surface area (Å²) in [6.07, 6.45) is 3.89. The Kier molecular flexibility index (Phi) is 4.49. The molecule has 1 aromatic carbocycles. The number of non-ortho nitro benzene ring substituents is 1. The first kappa shape index (κ1) is 15.8. The van der Waals surface area contributed by atoms with E-state index in [9.17, 15) is 14.9 Å². The fraction of sp³-hybridized carbons (Fsp3) is 0.308. The fourth-order valence-corrected chi connectivity index (χ4v) is 2.98. The first-order valence-electron chi connectivity index (χ1n) is 6.80. The first-order valence-corrected chi connectivity index (χ1v) is 8.17. The number of rotatable bonds is 6. The van der Waals surface area contributed by atoms with Crippen molar-refractivity contribution < 1.29 is 9.72 Å². The normalized spacial score (nSPS) is 13.8. The van der Waals surface area contributed by atoms with Gasteiger partial charge in [0.2, 0.25) is 5.91 Å². The number of amides is 1. The Morgan fingerprint density at radius 1 is 1.52 bits per heavy atom. The summed E-state index contributed by atoms with van der Waals surface area (Å²) in [6.45, 7) is 0. The number of carbonyl (C=O) groups excluding carboxylic acids is 1. The van der Waals surface area contributed by atoms with E-state index in [-0.39, 0.29) is 22.4 Å². The van der Waals surface area contributed by atoms with Crippen LogP contribution in [0, 0.1) is 10.1 Å². The third-order valence-electron chi connectivity index (χ3n) is 3.25. The van der Waals surface area contributed by atoms with Crippen molar-refractivity contribution in [1.29, 1.82) is 0 Å². The second kappa shape index (κ2) is 6.55. The summed E-state index contributed by atoms with van der Waals surface area (Å²) in [6, 6.07) is 4.35. The molecule has 1 aliphatic carbocycles. The predicted molar refractivity (Wildman–Crippen MR) is 85.8 cm³/mol. The number of hydrogen-bond acceptors (Lipinski definition) is 6. The van der Waals surface area contributed by atoms with E-state index < -0.39 is 4.92 Å². The summed E-state index contributed by atoms with van der Waals surface area (Å²) in [5.41, 5.74) is 0.214. The van der Waals surface area contributed by atoms with Crippen molar-refractivity contribution in [3.8, 4) is 0 Å². The van der Waals surface area contributed by atoms with Crippen LogP contribution < -0.4 is 5.32 Å². The van der Waals surface area contributed by atoms with Gasteiger partial charge in [-0.1, -0.05) is 23.4 Å². The van der Waals surface area contributed by atoms with Crippen molar-refractivity contribution in [1.82, 2.24) is 14.8 Å². The van der Waals surface area contributed by atoms with E-state index in [4.69, 9.17) is 11.6 Å². The maximum atomic E-state index is 12.0. The number of nitrogens with zero attached hydrogens (tertiary/aromatic N) is 4. The van der Waals surface area contributed by atoms with Crippen LogP contribution in [-0.2, 0) is 4.79 Å². The molecule has 1 heterocycles. The molecular weight excluding hydrogens is 342 g/mol. The summed E-state index contributed by atoms with van der Waals surface area (Å²) in [7, 11) is 0. The van der Waals surface area contributed by atoms with Crippen LogP contribution in [0.15, 0.2) is 29.7 Å². The molecule has 2 aromatic rings. The molecule has 23 heavy (non-hydrogen) atoms. The molecule has 0 radical (unpaired) electrons. The van der Waals surface area contributed by atoms with E-state index in [0.29, 0.717) is 16.9 Å². The van der Waals surface area contributed by atoms with Gasteiger partial charge in [-0.25, -0.2) is 0 Å². The quantitative estimate of drug-likeness (QED) is 0.486. The van der Waals surface area contributed by atoms with Gasteiger partial charge in [0.05, 0.1) is 21.4 Å². The lowest BCUT2D eigenvalue weighted by atomic mass is 10.3. The SMILES string of the molecule is O=C(CSc1nncn1C1CC1)Nc1ccc([N+](=O)[O-])cc1Cl. The molecule has 1 saturated carbocycles. The van der Waals surface area contributed by atoms with Crippen LogP contribution in [0.4, 0.5) is 11.4 Å². The molecule has 0 saturated heterocycles. The number of hydrogen-bond donors (Lipinski definition) is 1. The van der Waals surface area contributed by atoms with Gasteiger partial charge in [-0.2, -0.15) is 0 Å². The molecule has 1 N–H and O–H groups in total. The number of nitro groups is 1. The number of thioether (sulfide) groups is 1. The Hall–Kier alpha value is -2.13. The second-order valence-electron chi connectivity index (χ2n) is 5.01. The van der Waals surface area contributed by atoms with E-state index >= 15 is 0 Å². The van der Waals surface area contributed by atoms with E-state index in [2.05, 4.69) is 15.5 Å². The van der Waals surface area contributed by atoms with Gasteiger partial charge in [-0.05, 0) is 18.9 Å². The molecule has 0 atom stereocenters. The van der Waals surface area contributed by atoms with Gasteiger partial charge in [0.1, 0.15) is 6.33 Å². The monoisotopic (exact) mass is 353 g/mol. The maximum Gasteiger partial charge on any atom is 0.271 e. The van der Waals surface area contributed by atoms with Gasteiger partial charge < -0.3 is 9.88 Å². The highest BCUT2D eigenvalue weighted by molar-refractivity contribution is 7.99. The van der Waals surface area contributed by atoms with Crippen LogP contribution in [-0.4, -0.2) is 31.3 Å². The van der Waals surface area contributed by atoms with Crippen molar-refractivity contribution in [2.75, 3.05) is 11.1 Å². The Labute approximate surface area is 140 Å². The first-order chi connectivity index (χ1) is 11.0. The summed E-state index contributed by atoms with van der Waals surface area (Å²) in [5.74, 6) is -0.116. The standard InChI is InChI=1S/C13H12ClN5O3S/c14-10-5-9(19(21)22)3-4-11(10)16-12(20)6-23-13-17-15-7-18(13)8-1-2-8/h3-5,7-8H,1-2,6H2,(H,16,20). The number of anilines is 1. The summed E-state index contributed by atoms with van der Waals surface area (Å²) in [5, 5.41) is 22.0. The van der Waals surface area contributed by atoms with Crippen LogP contribution in [0.25, 0.3) is 0 Å². The van der Waals surface area contributed by atoms with E-state index in [1.54, 1.807) is 6.33 Å². The van der Waals surface area contributed by atoms with Gasteiger partial charge >= 0.3 is 0 Å². The zero-order chi connectivity index (χ0) is 16.4. The highest BCUT2D eigenvalue weighted by atomic mass is 35.5. The third kappa shape index (κ3) is 3.80. The van der Waals surface area contributed by atoms with Crippen LogP contribution in [0.3, 0.4) is 0 Å². The molecule has 120 valence electrons. The number of nitro benzene ring substituents is 1. The Bertz CT molecular complexity index is 762. The lowest BCUT2D eigenvalue weighted by Crippen LogP contribution is -2.15. The molecule has 0 spiro atoms. The lowest BCUT2D eigenvalue weighted by molar-refractivity contribution is -0.384. The topological polar surface area (TPSA) is 103 Å². The minimum absolute atomic E-state index is 0.124. The molecule has 1 fully saturated rings. The number of aromatic nitrogens is 3. The van der Waals surface area contributed by atoms with Crippen molar-refractivity contribution in [3.05, 3.63) is 39.7 Å². The number of carbonyl (C=O) groups is 1. The number of benzene rings is 1. The van der Waals surface area contributed by atoms with Gasteiger partial charge in [0, 0.05) is 18.2 Å². The molecule has 0 bridgehead atoms. The summed E-state index contributed by atoms with van der Waals surface area (Å²) < 4.78 is 1.97. The molecule has 1 aromatic heterocycles. The molecule has 0 unspecified atom stereocenters. The zero-order valence-electron chi connectivity index (χ0n) is 11.8. The fourth-order valence-electron chi connectivity index (χ4n) is 1.97. The molecule has 1 aliphatic rings. The Morgan fingerprint density at radius 3 is 2.96 bits per heavy atom. The van der Waals surface area contributed by atoms with E-state index in [1.165, 1.54) is 30.0 Å². The smallest absolute Gasteiger partial charge is 0.271 e. The van der Waals surface area contributed by atoms with Crippen molar-refractivity contribution in [2.24, 2.45) is 0 Å². The minimum Gasteiger partial charge on any atom is -0.324 e. The Balaban J connectivity index is 1.59. The highest BCUT2D eigenvalue weighted by Gasteiger charge is 2.26.